The highest BCUT2D eigenvalue weighted by atomic mass is 35.5. The summed E-state index contributed by atoms with van der Waals surface area (Å²) in [7, 11) is 0. The van der Waals surface area contributed by atoms with E-state index in [-0.39, 0.29) is 30.8 Å². The minimum Gasteiger partial charge on any atom is -0.461 e. The summed E-state index contributed by atoms with van der Waals surface area (Å²) in [5.41, 5.74) is 8.56. The number of aromatic nitrogens is 4. The normalized spacial score (nSPS) is 15.1. The predicted octanol–water partition coefficient (Wildman–Crippen LogP) is 5.66. The summed E-state index contributed by atoms with van der Waals surface area (Å²) >= 11 is 0. The molecule has 4 aromatic rings. The molecule has 9 heteroatoms. The van der Waals surface area contributed by atoms with E-state index in [9.17, 15) is 4.79 Å². The molecule has 1 fully saturated rings. The molecule has 0 atom stereocenters. The summed E-state index contributed by atoms with van der Waals surface area (Å²) < 4.78 is 7.00. The van der Waals surface area contributed by atoms with Crippen molar-refractivity contribution < 1.29 is 9.53 Å². The first-order chi connectivity index (χ1) is 18.1. The Morgan fingerprint density at radius 1 is 1.03 bits per heavy atom. The largest absolute Gasteiger partial charge is 0.461 e. The maximum absolute atomic E-state index is 12.3. The van der Waals surface area contributed by atoms with Crippen molar-refractivity contribution in [3.8, 4) is 5.69 Å². The Morgan fingerprint density at radius 2 is 1.82 bits per heavy atom. The standard InChI is InChI=1S/C30H33N5O2.2ClH/c1-3-37-30(36)29-28-13-12-24-21(6-4-9-27(24)35(28)33-32-29)14-17-34-18-15-22(16-19-34)23-7-5-8-26-25(23)11-10-20(2)31-26;;/h4-11,22H,3,12-19H2,1-2H3;2*1H. The van der Waals surface area contributed by atoms with Gasteiger partial charge in [-0.1, -0.05) is 35.5 Å². The van der Waals surface area contributed by atoms with E-state index >= 15 is 0 Å². The van der Waals surface area contributed by atoms with Crippen LogP contribution < -0.4 is 0 Å². The van der Waals surface area contributed by atoms with Gasteiger partial charge in [0.15, 0.2) is 5.69 Å². The van der Waals surface area contributed by atoms with Gasteiger partial charge in [-0.2, -0.15) is 0 Å². The van der Waals surface area contributed by atoms with Crippen LogP contribution in [-0.4, -0.2) is 57.1 Å². The lowest BCUT2D eigenvalue weighted by Crippen LogP contribution is -2.34. The van der Waals surface area contributed by atoms with Crippen molar-refractivity contribution in [2.75, 3.05) is 26.2 Å². The zero-order valence-corrected chi connectivity index (χ0v) is 24.1. The number of carbonyl (C=O) groups is 1. The van der Waals surface area contributed by atoms with E-state index in [2.05, 4.69) is 70.7 Å². The third kappa shape index (κ3) is 5.67. The molecule has 2 aliphatic heterocycles. The maximum Gasteiger partial charge on any atom is 0.360 e. The zero-order chi connectivity index (χ0) is 25.4. The molecule has 0 saturated carbocycles. The van der Waals surface area contributed by atoms with E-state index in [0.717, 1.165) is 61.5 Å². The van der Waals surface area contributed by atoms with Crippen molar-refractivity contribution in [2.45, 2.75) is 51.9 Å². The number of hydrogen-bond donors (Lipinski definition) is 0. The quantitative estimate of drug-likeness (QED) is 0.280. The molecule has 0 amide bonds. The summed E-state index contributed by atoms with van der Waals surface area (Å²) in [4.78, 5) is 19.6. The molecule has 0 unspecified atom stereocenters. The van der Waals surface area contributed by atoms with Crippen molar-refractivity contribution in [3.05, 3.63) is 82.3 Å². The molecule has 7 nitrogen and oxygen atoms in total. The van der Waals surface area contributed by atoms with Gasteiger partial charge in [0.25, 0.3) is 0 Å². The van der Waals surface area contributed by atoms with Crippen molar-refractivity contribution in [1.29, 1.82) is 0 Å². The van der Waals surface area contributed by atoms with E-state index in [1.165, 1.54) is 34.9 Å². The van der Waals surface area contributed by atoms with Crippen LogP contribution in [-0.2, 0) is 24.0 Å². The summed E-state index contributed by atoms with van der Waals surface area (Å²) in [6.07, 6.45) is 5.01. The van der Waals surface area contributed by atoms with Crippen LogP contribution in [0, 0.1) is 6.92 Å². The number of piperidine rings is 1. The smallest absolute Gasteiger partial charge is 0.360 e. The van der Waals surface area contributed by atoms with Crippen LogP contribution in [0.2, 0.25) is 0 Å². The fourth-order valence-corrected chi connectivity index (χ4v) is 6.05. The third-order valence-corrected chi connectivity index (χ3v) is 7.95. The second-order valence-electron chi connectivity index (χ2n) is 10.2. The third-order valence-electron chi connectivity index (χ3n) is 7.95. The van der Waals surface area contributed by atoms with E-state index in [1.807, 2.05) is 4.68 Å². The first-order valence-corrected chi connectivity index (χ1v) is 13.4. The Kier molecular flexibility index (Phi) is 9.26. The van der Waals surface area contributed by atoms with E-state index in [0.29, 0.717) is 18.2 Å². The lowest BCUT2D eigenvalue weighted by atomic mass is 9.87. The minimum atomic E-state index is -0.387. The van der Waals surface area contributed by atoms with Gasteiger partial charge in [0.1, 0.15) is 0 Å². The van der Waals surface area contributed by atoms with Gasteiger partial charge in [0, 0.05) is 17.6 Å². The molecule has 4 heterocycles. The summed E-state index contributed by atoms with van der Waals surface area (Å²) in [5, 5.41) is 9.76. The lowest BCUT2D eigenvalue weighted by molar-refractivity contribution is 0.0518. The molecule has 2 aliphatic rings. The predicted molar refractivity (Wildman–Crippen MR) is 158 cm³/mol. The Morgan fingerprint density at radius 3 is 2.62 bits per heavy atom. The van der Waals surface area contributed by atoms with Crippen LogP contribution >= 0.6 is 24.8 Å². The second-order valence-corrected chi connectivity index (χ2v) is 10.2. The molecular weight excluding hydrogens is 533 g/mol. The van der Waals surface area contributed by atoms with Crippen LogP contribution in [0.4, 0.5) is 0 Å². The van der Waals surface area contributed by atoms with Gasteiger partial charge in [-0.3, -0.25) is 4.98 Å². The van der Waals surface area contributed by atoms with Gasteiger partial charge in [-0.05, 0) is 99.8 Å². The Labute approximate surface area is 241 Å². The minimum absolute atomic E-state index is 0. The highest BCUT2D eigenvalue weighted by molar-refractivity contribution is 5.88. The summed E-state index contributed by atoms with van der Waals surface area (Å²) in [6, 6.07) is 17.4. The Hall–Kier alpha value is -3.00. The maximum atomic E-state index is 12.3. The number of benzene rings is 2. The number of likely N-dealkylation sites (tertiary alicyclic amines) is 1. The molecule has 0 N–H and O–H groups in total. The number of esters is 1. The fraction of sp³-hybridized carbons (Fsp3) is 0.400. The monoisotopic (exact) mass is 567 g/mol. The van der Waals surface area contributed by atoms with Gasteiger partial charge in [0.2, 0.25) is 0 Å². The number of aryl methyl sites for hydroxylation is 1. The van der Waals surface area contributed by atoms with Crippen molar-refractivity contribution in [2.24, 2.45) is 0 Å². The number of ether oxygens (including phenoxy) is 1. The average molecular weight is 569 g/mol. The molecule has 2 aromatic heterocycles. The number of pyridine rings is 1. The van der Waals surface area contributed by atoms with Crippen molar-refractivity contribution in [3.63, 3.8) is 0 Å². The van der Waals surface area contributed by atoms with E-state index < -0.39 is 0 Å². The van der Waals surface area contributed by atoms with Crippen molar-refractivity contribution >= 4 is 41.7 Å². The van der Waals surface area contributed by atoms with Crippen LogP contribution in [0.1, 0.15) is 64.2 Å². The zero-order valence-electron chi connectivity index (χ0n) is 22.4. The van der Waals surface area contributed by atoms with Crippen LogP contribution in [0.5, 0.6) is 0 Å². The number of halogens is 2. The number of hydrogen-bond acceptors (Lipinski definition) is 6. The van der Waals surface area contributed by atoms with Gasteiger partial charge < -0.3 is 9.64 Å². The molecule has 39 heavy (non-hydrogen) atoms. The molecule has 6 rings (SSSR count). The average Bonchev–Trinajstić information content (AvgIpc) is 3.37. The molecular formula is C30H35Cl2N5O2. The highest BCUT2D eigenvalue weighted by Crippen LogP contribution is 2.33. The van der Waals surface area contributed by atoms with Gasteiger partial charge >= 0.3 is 5.97 Å². The number of rotatable bonds is 6. The van der Waals surface area contributed by atoms with Gasteiger partial charge in [-0.15, -0.1) is 29.9 Å². The summed E-state index contributed by atoms with van der Waals surface area (Å²) in [5.74, 6) is 0.204. The van der Waals surface area contributed by atoms with Crippen molar-refractivity contribution in [1.82, 2.24) is 24.9 Å². The molecule has 206 valence electrons. The fourth-order valence-electron chi connectivity index (χ4n) is 6.05. The number of nitrogens with zero attached hydrogens (tertiary/aromatic N) is 5. The lowest BCUT2D eigenvalue weighted by Gasteiger charge is -2.33. The SMILES string of the molecule is CCOC(=O)c1nnn2c1CCc1c(CCN3CCC(c4cccc5nc(C)ccc45)CC3)cccc1-2.Cl.Cl. The summed E-state index contributed by atoms with van der Waals surface area (Å²) in [6.45, 7) is 7.48. The Balaban J connectivity index is 0.00000176. The Bertz CT molecular complexity index is 1460. The first kappa shape index (κ1) is 29.0. The van der Waals surface area contributed by atoms with E-state index in [4.69, 9.17) is 9.72 Å². The second kappa shape index (κ2) is 12.5. The van der Waals surface area contributed by atoms with E-state index in [1.54, 1.807) is 6.92 Å². The first-order valence-electron chi connectivity index (χ1n) is 13.4. The van der Waals surface area contributed by atoms with Crippen LogP contribution in [0.3, 0.4) is 0 Å². The van der Waals surface area contributed by atoms with Crippen LogP contribution in [0.15, 0.2) is 48.5 Å². The topological polar surface area (TPSA) is 73.1 Å². The molecule has 0 bridgehead atoms. The molecule has 0 spiro atoms. The van der Waals surface area contributed by atoms with Crippen LogP contribution in [0.25, 0.3) is 16.6 Å². The molecule has 0 aliphatic carbocycles. The highest BCUT2D eigenvalue weighted by Gasteiger charge is 2.27. The molecule has 1 saturated heterocycles. The molecule has 0 radical (unpaired) electrons. The number of carbonyl (C=O) groups excluding carboxylic acids is 1. The van der Waals surface area contributed by atoms with Gasteiger partial charge in [-0.25, -0.2) is 9.48 Å². The van der Waals surface area contributed by atoms with Gasteiger partial charge in [0.05, 0.1) is 23.5 Å². The molecule has 2 aromatic carbocycles. The number of fused-ring (bicyclic) bond motifs is 4.